The normalized spacial score (nSPS) is 11.8. The molecule has 0 aliphatic heterocycles. The van der Waals surface area contributed by atoms with E-state index in [0.29, 0.717) is 18.7 Å². The molecule has 29 heavy (non-hydrogen) atoms. The second-order valence-corrected chi connectivity index (χ2v) is 7.64. The topological polar surface area (TPSA) is 58.6 Å². The summed E-state index contributed by atoms with van der Waals surface area (Å²) in [6.45, 7) is 10.0. The van der Waals surface area contributed by atoms with Crippen molar-refractivity contribution < 1.29 is 14.3 Å². The molecule has 2 rings (SSSR count). The van der Waals surface area contributed by atoms with E-state index in [2.05, 4.69) is 5.32 Å². The maximum Gasteiger partial charge on any atom is 0.261 e. The fraction of sp³-hybridized carbons (Fsp3) is 0.417. The first-order valence-electron chi connectivity index (χ1n) is 10.2. The third-order valence-corrected chi connectivity index (χ3v) is 4.80. The van der Waals surface area contributed by atoms with Gasteiger partial charge in [0.25, 0.3) is 5.91 Å². The molecule has 0 fully saturated rings. The minimum Gasteiger partial charge on any atom is -0.484 e. The van der Waals surface area contributed by atoms with Crippen LogP contribution >= 0.6 is 0 Å². The van der Waals surface area contributed by atoms with Crippen molar-refractivity contribution in [2.24, 2.45) is 0 Å². The van der Waals surface area contributed by atoms with Crippen molar-refractivity contribution in [2.45, 2.75) is 59.7 Å². The largest absolute Gasteiger partial charge is 0.484 e. The minimum atomic E-state index is -0.550. The minimum absolute atomic E-state index is 0.00997. The number of hydrogen-bond donors (Lipinski definition) is 1. The highest BCUT2D eigenvalue weighted by Gasteiger charge is 2.29. The summed E-state index contributed by atoms with van der Waals surface area (Å²) in [5.41, 5.74) is 3.23. The van der Waals surface area contributed by atoms with E-state index in [4.69, 9.17) is 4.74 Å². The van der Waals surface area contributed by atoms with Gasteiger partial charge in [0, 0.05) is 12.6 Å². The first-order valence-corrected chi connectivity index (χ1v) is 10.2. The summed E-state index contributed by atoms with van der Waals surface area (Å²) < 4.78 is 5.70. The summed E-state index contributed by atoms with van der Waals surface area (Å²) in [7, 11) is 0. The van der Waals surface area contributed by atoms with Crippen LogP contribution in [0.2, 0.25) is 0 Å². The fourth-order valence-electron chi connectivity index (χ4n) is 3.13. The molecular weight excluding hydrogens is 364 g/mol. The highest BCUT2D eigenvalue weighted by atomic mass is 16.5. The summed E-state index contributed by atoms with van der Waals surface area (Å²) >= 11 is 0. The van der Waals surface area contributed by atoms with Gasteiger partial charge in [-0.05, 0) is 57.4 Å². The van der Waals surface area contributed by atoms with E-state index in [1.807, 2.05) is 83.1 Å². The first kappa shape index (κ1) is 22.5. The van der Waals surface area contributed by atoms with Crippen molar-refractivity contribution in [1.82, 2.24) is 10.2 Å². The van der Waals surface area contributed by atoms with Crippen LogP contribution in [0.15, 0.2) is 48.5 Å². The van der Waals surface area contributed by atoms with E-state index in [-0.39, 0.29) is 24.5 Å². The zero-order valence-electron chi connectivity index (χ0n) is 18.1. The molecule has 0 saturated carbocycles. The van der Waals surface area contributed by atoms with Gasteiger partial charge in [0.2, 0.25) is 5.91 Å². The first-order chi connectivity index (χ1) is 13.8. The Hall–Kier alpha value is -2.82. The number of carbonyl (C=O) groups excluding carboxylic acids is 2. The second-order valence-electron chi connectivity index (χ2n) is 7.64. The number of ether oxygens (including phenoxy) is 1. The van der Waals surface area contributed by atoms with E-state index in [0.717, 1.165) is 16.7 Å². The van der Waals surface area contributed by atoms with E-state index < -0.39 is 6.04 Å². The Kier molecular flexibility index (Phi) is 8.25. The molecule has 0 saturated heterocycles. The number of hydrogen-bond acceptors (Lipinski definition) is 3. The van der Waals surface area contributed by atoms with Gasteiger partial charge in [0.15, 0.2) is 6.61 Å². The van der Waals surface area contributed by atoms with Crippen molar-refractivity contribution in [3.05, 3.63) is 65.2 Å². The van der Waals surface area contributed by atoms with Gasteiger partial charge in [0.1, 0.15) is 11.8 Å². The Balaban J connectivity index is 2.21. The molecule has 1 atom stereocenters. The zero-order chi connectivity index (χ0) is 21.4. The molecule has 0 heterocycles. The van der Waals surface area contributed by atoms with Gasteiger partial charge in [-0.25, -0.2) is 0 Å². The van der Waals surface area contributed by atoms with Gasteiger partial charge in [-0.3, -0.25) is 9.59 Å². The highest BCUT2D eigenvalue weighted by molar-refractivity contribution is 5.88. The lowest BCUT2D eigenvalue weighted by atomic mass is 10.1. The van der Waals surface area contributed by atoms with Crippen LogP contribution in [0.4, 0.5) is 0 Å². The van der Waals surface area contributed by atoms with Crippen LogP contribution in [0.25, 0.3) is 0 Å². The van der Waals surface area contributed by atoms with Gasteiger partial charge >= 0.3 is 0 Å². The summed E-state index contributed by atoms with van der Waals surface area (Å²) in [5, 5.41) is 2.94. The zero-order valence-corrected chi connectivity index (χ0v) is 18.1. The predicted molar refractivity (Wildman–Crippen MR) is 116 cm³/mol. The van der Waals surface area contributed by atoms with Gasteiger partial charge in [-0.1, -0.05) is 48.9 Å². The highest BCUT2D eigenvalue weighted by Crippen LogP contribution is 2.17. The second kappa shape index (κ2) is 10.6. The molecule has 0 unspecified atom stereocenters. The Bertz CT molecular complexity index is 815. The third-order valence-electron chi connectivity index (χ3n) is 4.80. The van der Waals surface area contributed by atoms with E-state index in [9.17, 15) is 9.59 Å². The number of aryl methyl sites for hydroxylation is 2. The summed E-state index contributed by atoms with van der Waals surface area (Å²) in [6.07, 6.45) is 0.528. The summed E-state index contributed by atoms with van der Waals surface area (Å²) in [5.74, 6) is 0.291. The Labute approximate surface area is 174 Å². The molecule has 2 aromatic carbocycles. The van der Waals surface area contributed by atoms with Crippen LogP contribution < -0.4 is 10.1 Å². The molecule has 5 nitrogen and oxygen atoms in total. The van der Waals surface area contributed by atoms with E-state index >= 15 is 0 Å². The lowest BCUT2D eigenvalue weighted by Crippen LogP contribution is -2.51. The van der Waals surface area contributed by atoms with Crippen molar-refractivity contribution in [1.29, 1.82) is 0 Å². The molecule has 0 aliphatic carbocycles. The number of nitrogens with one attached hydrogen (secondary N) is 1. The lowest BCUT2D eigenvalue weighted by Gasteiger charge is -2.31. The average Bonchev–Trinajstić information content (AvgIpc) is 2.68. The third kappa shape index (κ3) is 6.63. The molecule has 0 spiro atoms. The smallest absolute Gasteiger partial charge is 0.261 e. The summed E-state index contributed by atoms with van der Waals surface area (Å²) in [4.78, 5) is 27.5. The molecule has 5 heteroatoms. The van der Waals surface area contributed by atoms with Gasteiger partial charge in [-0.15, -0.1) is 0 Å². The maximum atomic E-state index is 13.1. The average molecular weight is 397 g/mol. The van der Waals surface area contributed by atoms with Gasteiger partial charge in [-0.2, -0.15) is 0 Å². The molecule has 156 valence electrons. The SMILES string of the molecule is CC[C@@H](C(=O)NC(C)C)N(Cc1ccccc1C)C(=O)COc1ccc(C)cc1. The van der Waals surface area contributed by atoms with Crippen molar-refractivity contribution >= 4 is 11.8 Å². The maximum absolute atomic E-state index is 13.1. The quantitative estimate of drug-likeness (QED) is 0.697. The van der Waals surface area contributed by atoms with Crippen LogP contribution in [0.5, 0.6) is 5.75 Å². The predicted octanol–water partition coefficient (Wildman–Crippen LogP) is 4.01. The van der Waals surface area contributed by atoms with Crippen molar-refractivity contribution in [3.8, 4) is 5.75 Å². The van der Waals surface area contributed by atoms with Crippen LogP contribution in [-0.2, 0) is 16.1 Å². The molecule has 1 N–H and O–H groups in total. The molecule has 0 bridgehead atoms. The Morgan fingerprint density at radius 2 is 1.69 bits per heavy atom. The standard InChI is InChI=1S/C24H32N2O3/c1-6-22(24(28)25-17(2)3)26(15-20-10-8-7-9-19(20)5)23(27)16-29-21-13-11-18(4)12-14-21/h7-14,17,22H,6,15-16H2,1-5H3,(H,25,28)/t22-/m0/s1. The van der Waals surface area contributed by atoms with Crippen LogP contribution in [-0.4, -0.2) is 35.4 Å². The Morgan fingerprint density at radius 1 is 1.03 bits per heavy atom. The molecular formula is C24H32N2O3. The molecule has 0 radical (unpaired) electrons. The monoisotopic (exact) mass is 396 g/mol. The number of carbonyl (C=O) groups is 2. The van der Waals surface area contributed by atoms with E-state index in [1.165, 1.54) is 0 Å². The van der Waals surface area contributed by atoms with Crippen molar-refractivity contribution in [3.63, 3.8) is 0 Å². The molecule has 0 aliphatic rings. The van der Waals surface area contributed by atoms with Gasteiger partial charge in [0.05, 0.1) is 0 Å². The molecule has 2 amide bonds. The number of amides is 2. The number of benzene rings is 2. The van der Waals surface area contributed by atoms with Crippen LogP contribution in [0.1, 0.15) is 43.9 Å². The van der Waals surface area contributed by atoms with E-state index in [1.54, 1.807) is 4.90 Å². The summed E-state index contributed by atoms with van der Waals surface area (Å²) in [6, 6.07) is 14.9. The lowest BCUT2D eigenvalue weighted by molar-refractivity contribution is -0.143. The molecule has 0 aromatic heterocycles. The number of rotatable bonds is 9. The Morgan fingerprint density at radius 3 is 2.28 bits per heavy atom. The fourth-order valence-corrected chi connectivity index (χ4v) is 3.13. The van der Waals surface area contributed by atoms with Crippen LogP contribution in [0.3, 0.4) is 0 Å². The number of nitrogens with zero attached hydrogens (tertiary/aromatic N) is 1. The van der Waals surface area contributed by atoms with Crippen LogP contribution in [0, 0.1) is 13.8 Å². The molecule has 2 aromatic rings. The van der Waals surface area contributed by atoms with Gasteiger partial charge < -0.3 is 15.0 Å². The van der Waals surface area contributed by atoms with Crippen molar-refractivity contribution in [2.75, 3.05) is 6.61 Å².